The van der Waals surface area contributed by atoms with Crippen molar-refractivity contribution in [2.24, 2.45) is 0 Å². The third-order valence-corrected chi connectivity index (χ3v) is 4.78. The maximum Gasteiger partial charge on any atom is 0.343 e. The predicted octanol–water partition coefficient (Wildman–Crippen LogP) is 1.92. The monoisotopic (exact) mass is 399 g/mol. The molecule has 1 aliphatic rings. The van der Waals surface area contributed by atoms with E-state index >= 15 is 0 Å². The molecule has 150 valence electrons. The second-order valence-corrected chi connectivity index (χ2v) is 6.62. The molecule has 0 unspecified atom stereocenters. The van der Waals surface area contributed by atoms with Crippen LogP contribution in [0, 0.1) is 6.92 Å². The summed E-state index contributed by atoms with van der Waals surface area (Å²) in [4.78, 5) is 40.0. The summed E-state index contributed by atoms with van der Waals surface area (Å²) in [5, 5.41) is 11.0. The highest BCUT2D eigenvalue weighted by Gasteiger charge is 2.29. The summed E-state index contributed by atoms with van der Waals surface area (Å²) in [6, 6.07) is 6.12. The molecule has 0 saturated carbocycles. The van der Waals surface area contributed by atoms with Crippen LogP contribution in [0.15, 0.2) is 38.3 Å². The van der Waals surface area contributed by atoms with E-state index in [4.69, 9.17) is 18.6 Å². The Morgan fingerprint density at radius 2 is 1.93 bits per heavy atom. The van der Waals surface area contributed by atoms with Crippen molar-refractivity contribution < 1.29 is 28.5 Å². The number of methoxy groups -OCH3 is 1. The van der Waals surface area contributed by atoms with Crippen LogP contribution in [-0.4, -0.2) is 30.0 Å². The molecule has 0 fully saturated rings. The van der Waals surface area contributed by atoms with Crippen LogP contribution in [0.2, 0.25) is 0 Å². The first-order valence-corrected chi connectivity index (χ1v) is 8.74. The minimum absolute atomic E-state index is 0.0754. The number of esters is 1. The lowest BCUT2D eigenvalue weighted by molar-refractivity contribution is -0.140. The molecule has 9 heteroatoms. The summed E-state index contributed by atoms with van der Waals surface area (Å²) in [6.45, 7) is 1.58. The zero-order valence-electron chi connectivity index (χ0n) is 15.6. The van der Waals surface area contributed by atoms with Gasteiger partial charge >= 0.3 is 11.6 Å². The number of aryl methyl sites for hydroxylation is 1. The molecule has 0 radical (unpaired) electrons. The van der Waals surface area contributed by atoms with Crippen molar-refractivity contribution >= 4 is 16.9 Å². The average Bonchev–Trinajstić information content (AvgIpc) is 3.11. The number of aromatic hydroxyl groups is 1. The van der Waals surface area contributed by atoms with Gasteiger partial charge in [0.25, 0.3) is 5.56 Å². The van der Waals surface area contributed by atoms with Gasteiger partial charge in [0.2, 0.25) is 6.79 Å². The zero-order valence-corrected chi connectivity index (χ0v) is 15.6. The van der Waals surface area contributed by atoms with E-state index in [-0.39, 0.29) is 35.9 Å². The summed E-state index contributed by atoms with van der Waals surface area (Å²) in [6.07, 6.45) is -0.336. The number of ether oxygens (including phenoxy) is 3. The Morgan fingerprint density at radius 1 is 1.21 bits per heavy atom. The predicted molar refractivity (Wildman–Crippen MR) is 101 cm³/mol. The Kier molecular flexibility index (Phi) is 4.50. The zero-order chi connectivity index (χ0) is 20.7. The van der Waals surface area contributed by atoms with Gasteiger partial charge in [-0.05, 0) is 19.1 Å². The largest absolute Gasteiger partial charge is 0.507 e. The Hall–Kier alpha value is -3.75. The number of carbonyl (C=O) groups is 1. The van der Waals surface area contributed by atoms with E-state index in [2.05, 4.69) is 4.98 Å². The Balaban J connectivity index is 1.93. The van der Waals surface area contributed by atoms with Gasteiger partial charge in [0.1, 0.15) is 11.5 Å². The van der Waals surface area contributed by atoms with Crippen LogP contribution in [0.3, 0.4) is 0 Å². The van der Waals surface area contributed by atoms with Gasteiger partial charge in [-0.1, -0.05) is 0 Å². The quantitative estimate of drug-likeness (QED) is 0.637. The van der Waals surface area contributed by atoms with Gasteiger partial charge in [-0.25, -0.2) is 4.79 Å². The molecular weight excluding hydrogens is 382 g/mol. The van der Waals surface area contributed by atoms with Crippen LogP contribution in [0.5, 0.6) is 17.2 Å². The summed E-state index contributed by atoms with van der Waals surface area (Å²) in [5.41, 5.74) is -0.939. The number of aromatic amines is 1. The number of aromatic nitrogens is 1. The molecule has 0 bridgehead atoms. The van der Waals surface area contributed by atoms with Gasteiger partial charge in [-0.3, -0.25) is 9.59 Å². The number of hydrogen-bond acceptors (Lipinski definition) is 8. The molecule has 2 aromatic heterocycles. The van der Waals surface area contributed by atoms with Gasteiger partial charge < -0.3 is 28.7 Å². The summed E-state index contributed by atoms with van der Waals surface area (Å²) in [5.74, 6) is -0.870. The fraction of sp³-hybridized carbons (Fsp3) is 0.250. The maximum absolute atomic E-state index is 12.8. The van der Waals surface area contributed by atoms with Gasteiger partial charge in [-0.15, -0.1) is 0 Å². The highest BCUT2D eigenvalue weighted by Crippen LogP contribution is 2.37. The molecule has 4 rings (SSSR count). The molecule has 9 nitrogen and oxygen atoms in total. The Labute approximate surface area is 163 Å². The molecule has 2 N–H and O–H groups in total. The fourth-order valence-electron chi connectivity index (χ4n) is 3.42. The molecule has 3 heterocycles. The number of carbonyl (C=O) groups excluding carboxylic acids is 1. The van der Waals surface area contributed by atoms with Crippen molar-refractivity contribution in [3.63, 3.8) is 0 Å². The standard InChI is InChI=1S/C20H17NO8/c1-9-3-14(22)18(20(25)29-9)11(6-17(23)26-2)12-4-10-5-15-16(28-8-27-15)7-13(10)21-19(12)24/h3-5,7,11,22H,6,8H2,1-2H3,(H,21,24)/t11-/m0/s1. The van der Waals surface area contributed by atoms with Crippen LogP contribution < -0.4 is 20.7 Å². The van der Waals surface area contributed by atoms with E-state index in [1.807, 2.05) is 0 Å². The fourth-order valence-corrected chi connectivity index (χ4v) is 3.42. The van der Waals surface area contributed by atoms with Crippen molar-refractivity contribution in [3.8, 4) is 17.2 Å². The molecule has 29 heavy (non-hydrogen) atoms. The van der Waals surface area contributed by atoms with Crippen LogP contribution in [-0.2, 0) is 9.53 Å². The normalized spacial score (nSPS) is 13.4. The minimum atomic E-state index is -1.07. The van der Waals surface area contributed by atoms with Crippen LogP contribution >= 0.6 is 0 Å². The molecule has 0 spiro atoms. The van der Waals surface area contributed by atoms with Crippen molar-refractivity contribution in [1.29, 1.82) is 0 Å². The second kappa shape index (κ2) is 7.01. The molecule has 1 atom stereocenters. The second-order valence-electron chi connectivity index (χ2n) is 6.62. The van der Waals surface area contributed by atoms with Gasteiger partial charge in [-0.2, -0.15) is 0 Å². The summed E-state index contributed by atoms with van der Waals surface area (Å²) in [7, 11) is 1.20. The first-order valence-electron chi connectivity index (χ1n) is 8.74. The number of pyridine rings is 1. The number of benzene rings is 1. The third kappa shape index (κ3) is 3.31. The summed E-state index contributed by atoms with van der Waals surface area (Å²) >= 11 is 0. The van der Waals surface area contributed by atoms with Crippen molar-refractivity contribution in [3.05, 3.63) is 61.9 Å². The molecule has 0 amide bonds. The Bertz CT molecular complexity index is 1240. The third-order valence-electron chi connectivity index (χ3n) is 4.78. The van der Waals surface area contributed by atoms with Crippen LogP contribution in [0.1, 0.15) is 29.2 Å². The number of fused-ring (bicyclic) bond motifs is 2. The molecule has 3 aromatic rings. The number of nitrogens with one attached hydrogen (secondary N) is 1. The highest BCUT2D eigenvalue weighted by molar-refractivity contribution is 5.84. The van der Waals surface area contributed by atoms with E-state index in [1.165, 1.54) is 20.1 Å². The SMILES string of the molecule is COC(=O)C[C@@H](c1cc2cc3c(cc2[nH]c1=O)OCO3)c1c(O)cc(C)oc1=O. The molecule has 0 saturated heterocycles. The van der Waals surface area contributed by atoms with Gasteiger partial charge in [0.15, 0.2) is 11.5 Å². The Morgan fingerprint density at radius 3 is 2.62 bits per heavy atom. The highest BCUT2D eigenvalue weighted by atomic mass is 16.7. The lowest BCUT2D eigenvalue weighted by Gasteiger charge is -2.17. The molecule has 0 aliphatic carbocycles. The van der Waals surface area contributed by atoms with Crippen molar-refractivity contribution in [2.75, 3.05) is 13.9 Å². The van der Waals surface area contributed by atoms with E-state index in [0.29, 0.717) is 22.4 Å². The smallest absolute Gasteiger partial charge is 0.343 e. The topological polar surface area (TPSA) is 128 Å². The first-order chi connectivity index (χ1) is 13.9. The lowest BCUT2D eigenvalue weighted by Crippen LogP contribution is -2.24. The minimum Gasteiger partial charge on any atom is -0.507 e. The molecule has 1 aromatic carbocycles. The molecular formula is C20H17NO8. The summed E-state index contributed by atoms with van der Waals surface area (Å²) < 4.78 is 20.5. The van der Waals surface area contributed by atoms with Gasteiger partial charge in [0.05, 0.1) is 24.6 Å². The van der Waals surface area contributed by atoms with Crippen molar-refractivity contribution in [1.82, 2.24) is 4.98 Å². The maximum atomic E-state index is 12.8. The lowest BCUT2D eigenvalue weighted by atomic mass is 9.89. The van der Waals surface area contributed by atoms with E-state index in [0.717, 1.165) is 0 Å². The average molecular weight is 399 g/mol. The first kappa shape index (κ1) is 18.6. The van der Waals surface area contributed by atoms with Crippen molar-refractivity contribution in [2.45, 2.75) is 19.3 Å². The van der Waals surface area contributed by atoms with Crippen LogP contribution in [0.4, 0.5) is 0 Å². The van der Waals surface area contributed by atoms with Gasteiger partial charge in [0, 0.05) is 29.0 Å². The van der Waals surface area contributed by atoms with E-state index in [1.54, 1.807) is 18.2 Å². The molecule has 1 aliphatic heterocycles. The number of rotatable bonds is 4. The number of hydrogen-bond donors (Lipinski definition) is 2. The van der Waals surface area contributed by atoms with Crippen LogP contribution in [0.25, 0.3) is 10.9 Å². The number of H-pyrrole nitrogens is 1. The van der Waals surface area contributed by atoms with E-state index < -0.39 is 23.1 Å². The van der Waals surface area contributed by atoms with E-state index in [9.17, 15) is 19.5 Å².